The Morgan fingerprint density at radius 3 is 2.83 bits per heavy atom. The highest BCUT2D eigenvalue weighted by atomic mass is 35.5. The van der Waals surface area contributed by atoms with E-state index in [4.69, 9.17) is 11.6 Å². The summed E-state index contributed by atoms with van der Waals surface area (Å²) in [4.78, 5) is 20.9. The van der Waals surface area contributed by atoms with E-state index in [9.17, 15) is 4.79 Å². The number of carbonyl (C=O) groups excluding carboxylic acids is 1. The van der Waals surface area contributed by atoms with Crippen LogP contribution in [0.25, 0.3) is 11.0 Å². The number of imidazole rings is 1. The van der Waals surface area contributed by atoms with Crippen LogP contribution in [0.4, 0.5) is 5.95 Å². The molecule has 0 saturated heterocycles. The number of anilines is 1. The fourth-order valence-electron chi connectivity index (χ4n) is 1.84. The average Bonchev–Trinajstić information content (AvgIpc) is 2.77. The number of alkyl halides is 1. The molecule has 1 heterocycles. The quantitative estimate of drug-likeness (QED) is 0.667. The van der Waals surface area contributed by atoms with Gasteiger partial charge in [0.1, 0.15) is 0 Å². The van der Waals surface area contributed by atoms with Crippen molar-refractivity contribution in [2.75, 3.05) is 17.3 Å². The van der Waals surface area contributed by atoms with Crippen LogP contribution in [-0.2, 0) is 4.79 Å². The maximum atomic E-state index is 11.6. The minimum atomic E-state index is -0.0105. The molecule has 4 nitrogen and oxygen atoms in total. The third-order valence-corrected chi connectivity index (χ3v) is 3.05. The normalized spacial score (nSPS) is 10.8. The van der Waals surface area contributed by atoms with Crippen LogP contribution < -0.4 is 4.90 Å². The number of rotatable bonds is 5. The summed E-state index contributed by atoms with van der Waals surface area (Å²) < 4.78 is 0. The van der Waals surface area contributed by atoms with E-state index in [0.717, 1.165) is 23.9 Å². The van der Waals surface area contributed by atoms with E-state index in [2.05, 4.69) is 9.97 Å². The number of nitrogens with one attached hydrogen (secondary N) is 1. The molecule has 0 bridgehead atoms. The van der Waals surface area contributed by atoms with E-state index in [1.54, 1.807) is 11.8 Å². The zero-order valence-electron chi connectivity index (χ0n) is 10.3. The van der Waals surface area contributed by atoms with Crippen LogP contribution in [0.3, 0.4) is 0 Å². The average molecular weight is 266 g/mol. The van der Waals surface area contributed by atoms with Gasteiger partial charge in [0.25, 0.3) is 0 Å². The number of nitrogens with zero attached hydrogens (tertiary/aromatic N) is 2. The molecule has 1 aromatic heterocycles. The summed E-state index contributed by atoms with van der Waals surface area (Å²) in [6, 6.07) is 7.74. The first-order chi connectivity index (χ1) is 8.72. The smallest absolute Gasteiger partial charge is 0.226 e. The van der Waals surface area contributed by atoms with Crippen LogP contribution in [0.1, 0.15) is 19.8 Å². The molecule has 0 unspecified atom stereocenters. The van der Waals surface area contributed by atoms with Gasteiger partial charge >= 0.3 is 0 Å². The van der Waals surface area contributed by atoms with Gasteiger partial charge in [0.15, 0.2) is 0 Å². The lowest BCUT2D eigenvalue weighted by Gasteiger charge is -2.17. The van der Waals surface area contributed by atoms with Crippen LogP contribution in [0, 0.1) is 0 Å². The fraction of sp³-hybridized carbons (Fsp3) is 0.385. The molecule has 1 N–H and O–H groups in total. The molecular formula is C13H16ClN3O. The molecule has 0 aliphatic carbocycles. The molecule has 0 spiro atoms. The molecule has 0 saturated carbocycles. The van der Waals surface area contributed by atoms with Gasteiger partial charge in [0.05, 0.1) is 11.0 Å². The molecule has 18 heavy (non-hydrogen) atoms. The lowest BCUT2D eigenvalue weighted by atomic mass is 10.3. The van der Waals surface area contributed by atoms with Crippen molar-refractivity contribution in [3.05, 3.63) is 24.3 Å². The molecule has 2 aromatic rings. The maximum Gasteiger partial charge on any atom is 0.226 e. The molecular weight excluding hydrogens is 250 g/mol. The zero-order valence-corrected chi connectivity index (χ0v) is 11.1. The lowest BCUT2D eigenvalue weighted by Crippen LogP contribution is -2.30. The number of H-pyrrole nitrogens is 1. The molecule has 96 valence electrons. The summed E-state index contributed by atoms with van der Waals surface area (Å²) in [5.74, 6) is 1.22. The summed E-state index contributed by atoms with van der Waals surface area (Å²) >= 11 is 5.65. The number of carbonyl (C=O) groups is 1. The number of aromatic amines is 1. The minimum Gasteiger partial charge on any atom is -0.324 e. The molecule has 0 aliphatic rings. The molecule has 0 aliphatic heterocycles. The van der Waals surface area contributed by atoms with Gasteiger partial charge in [-0.05, 0) is 25.0 Å². The van der Waals surface area contributed by atoms with Crippen molar-refractivity contribution in [3.8, 4) is 0 Å². The number of amides is 1. The Hall–Kier alpha value is -1.55. The van der Waals surface area contributed by atoms with Crippen molar-refractivity contribution in [2.45, 2.75) is 19.8 Å². The Kier molecular flexibility index (Phi) is 4.20. The van der Waals surface area contributed by atoms with Crippen molar-refractivity contribution in [1.82, 2.24) is 9.97 Å². The van der Waals surface area contributed by atoms with E-state index in [0.29, 0.717) is 18.4 Å². The first-order valence-corrected chi connectivity index (χ1v) is 6.54. The monoisotopic (exact) mass is 265 g/mol. The van der Waals surface area contributed by atoms with E-state index in [1.807, 2.05) is 24.3 Å². The predicted molar refractivity (Wildman–Crippen MR) is 74.1 cm³/mol. The van der Waals surface area contributed by atoms with Gasteiger partial charge < -0.3 is 4.98 Å². The Morgan fingerprint density at radius 1 is 1.39 bits per heavy atom. The number of aromatic nitrogens is 2. The van der Waals surface area contributed by atoms with Gasteiger partial charge in [-0.25, -0.2) is 4.98 Å². The van der Waals surface area contributed by atoms with Crippen molar-refractivity contribution in [3.63, 3.8) is 0 Å². The van der Waals surface area contributed by atoms with Crippen molar-refractivity contribution in [2.24, 2.45) is 0 Å². The first kappa shape index (κ1) is 12.9. The van der Waals surface area contributed by atoms with Crippen LogP contribution >= 0.6 is 11.6 Å². The SMILES string of the molecule is CC(=O)N(CCCCCl)c1nc2ccccc2[nH]1. The van der Waals surface area contributed by atoms with E-state index in [1.165, 1.54) is 0 Å². The van der Waals surface area contributed by atoms with Gasteiger partial charge in [-0.1, -0.05) is 12.1 Å². The molecule has 0 fully saturated rings. The number of halogens is 1. The number of unbranched alkanes of at least 4 members (excludes halogenated alkanes) is 1. The molecule has 2 rings (SSSR count). The van der Waals surface area contributed by atoms with E-state index >= 15 is 0 Å². The van der Waals surface area contributed by atoms with Crippen LogP contribution in [0.2, 0.25) is 0 Å². The zero-order chi connectivity index (χ0) is 13.0. The topological polar surface area (TPSA) is 49.0 Å². The number of hydrogen-bond acceptors (Lipinski definition) is 2. The summed E-state index contributed by atoms with van der Waals surface area (Å²) in [6.07, 6.45) is 1.77. The van der Waals surface area contributed by atoms with Crippen LogP contribution in [-0.4, -0.2) is 28.3 Å². The highest BCUT2D eigenvalue weighted by Crippen LogP contribution is 2.17. The van der Waals surface area contributed by atoms with Gasteiger partial charge in [-0.3, -0.25) is 9.69 Å². The van der Waals surface area contributed by atoms with Crippen molar-refractivity contribution < 1.29 is 4.79 Å². The van der Waals surface area contributed by atoms with Gasteiger partial charge in [-0.15, -0.1) is 11.6 Å². The van der Waals surface area contributed by atoms with Gasteiger partial charge in [0, 0.05) is 19.3 Å². The molecule has 5 heteroatoms. The molecule has 0 radical (unpaired) electrons. The Balaban J connectivity index is 2.21. The maximum absolute atomic E-state index is 11.6. The summed E-state index contributed by atoms with van der Waals surface area (Å²) in [6.45, 7) is 2.19. The Labute approximate surface area is 111 Å². The minimum absolute atomic E-state index is 0.0105. The largest absolute Gasteiger partial charge is 0.324 e. The number of benzene rings is 1. The van der Waals surface area contributed by atoms with E-state index < -0.39 is 0 Å². The highest BCUT2D eigenvalue weighted by molar-refractivity contribution is 6.17. The first-order valence-electron chi connectivity index (χ1n) is 6.01. The second kappa shape index (κ2) is 5.87. The lowest BCUT2D eigenvalue weighted by molar-refractivity contribution is -0.116. The third kappa shape index (κ3) is 2.82. The van der Waals surface area contributed by atoms with Crippen molar-refractivity contribution >= 4 is 34.5 Å². The summed E-state index contributed by atoms with van der Waals surface area (Å²) in [5.41, 5.74) is 1.81. The summed E-state index contributed by atoms with van der Waals surface area (Å²) in [5, 5.41) is 0. The Bertz CT molecular complexity index is 505. The van der Waals surface area contributed by atoms with Gasteiger partial charge in [0.2, 0.25) is 11.9 Å². The number of fused-ring (bicyclic) bond motifs is 1. The molecule has 1 aromatic carbocycles. The second-order valence-corrected chi connectivity index (χ2v) is 4.52. The van der Waals surface area contributed by atoms with Gasteiger partial charge in [-0.2, -0.15) is 0 Å². The molecule has 1 amide bonds. The van der Waals surface area contributed by atoms with Crippen LogP contribution in [0.15, 0.2) is 24.3 Å². The predicted octanol–water partition coefficient (Wildman–Crippen LogP) is 2.93. The van der Waals surface area contributed by atoms with Crippen molar-refractivity contribution in [1.29, 1.82) is 0 Å². The molecule has 0 atom stereocenters. The highest BCUT2D eigenvalue weighted by Gasteiger charge is 2.14. The summed E-state index contributed by atoms with van der Waals surface area (Å²) in [7, 11) is 0. The van der Waals surface area contributed by atoms with Crippen LogP contribution in [0.5, 0.6) is 0 Å². The van der Waals surface area contributed by atoms with E-state index in [-0.39, 0.29) is 5.91 Å². The Morgan fingerprint density at radius 2 is 2.17 bits per heavy atom. The number of para-hydroxylation sites is 2. The second-order valence-electron chi connectivity index (χ2n) is 4.14. The fourth-order valence-corrected chi connectivity index (χ4v) is 2.03. The standard InChI is InChI=1S/C13H16ClN3O/c1-10(18)17(9-5-4-8-14)13-15-11-6-2-3-7-12(11)16-13/h2-3,6-7H,4-5,8-9H2,1H3,(H,15,16). The third-order valence-electron chi connectivity index (χ3n) is 2.78. The number of hydrogen-bond donors (Lipinski definition) is 1.